The van der Waals surface area contributed by atoms with Crippen LogP contribution in [0.5, 0.6) is 0 Å². The Balaban J connectivity index is 2.55. The minimum Gasteiger partial charge on any atom is -0.377 e. The van der Waals surface area contributed by atoms with E-state index >= 15 is 0 Å². The maximum atomic E-state index is 10.7. The third-order valence-electron chi connectivity index (χ3n) is 2.93. The van der Waals surface area contributed by atoms with Gasteiger partial charge in [0, 0.05) is 7.05 Å². The first-order valence-electron chi connectivity index (χ1n) is 5.57. The minimum atomic E-state index is -1.12. The molecule has 0 spiro atoms. The smallest absolute Gasteiger partial charge is 0.162 e. The monoisotopic (exact) mass is 231 g/mol. The Morgan fingerprint density at radius 2 is 1.76 bits per heavy atom. The third kappa shape index (κ3) is 2.08. The van der Waals surface area contributed by atoms with Crippen LogP contribution in [0.3, 0.4) is 0 Å². The van der Waals surface area contributed by atoms with Crippen molar-refractivity contribution in [3.63, 3.8) is 0 Å². The Morgan fingerprint density at radius 1 is 1.18 bits per heavy atom. The van der Waals surface area contributed by atoms with Crippen molar-refractivity contribution in [1.82, 2.24) is 14.8 Å². The molecule has 1 aromatic carbocycles. The van der Waals surface area contributed by atoms with Crippen LogP contribution in [-0.4, -0.2) is 19.9 Å². The van der Waals surface area contributed by atoms with E-state index < -0.39 is 5.60 Å². The molecule has 1 N–H and O–H groups in total. The first kappa shape index (κ1) is 11.8. The number of aliphatic hydroxyl groups is 1. The second-order valence-corrected chi connectivity index (χ2v) is 4.66. The normalized spacial score (nSPS) is 14.6. The lowest BCUT2D eigenvalue weighted by molar-refractivity contribution is 0.0879. The van der Waals surface area contributed by atoms with Crippen LogP contribution in [-0.2, 0) is 12.6 Å². The zero-order valence-electron chi connectivity index (χ0n) is 10.6. The van der Waals surface area contributed by atoms with E-state index in [1.165, 1.54) is 6.33 Å². The second kappa shape index (κ2) is 3.96. The first-order chi connectivity index (χ1) is 7.91. The van der Waals surface area contributed by atoms with E-state index in [1.54, 1.807) is 18.7 Å². The van der Waals surface area contributed by atoms with Gasteiger partial charge in [-0.2, -0.15) is 5.10 Å². The fraction of sp³-hybridized carbons (Fsp3) is 0.385. The lowest BCUT2D eigenvalue weighted by Gasteiger charge is -2.23. The number of aryl methyl sites for hydroxylation is 3. The minimum absolute atomic E-state index is 0.544. The molecule has 90 valence electrons. The van der Waals surface area contributed by atoms with E-state index in [-0.39, 0.29) is 0 Å². The molecule has 0 fully saturated rings. The summed E-state index contributed by atoms with van der Waals surface area (Å²) in [5.41, 5.74) is 1.97. The molecular weight excluding hydrogens is 214 g/mol. The number of aromatic nitrogens is 3. The molecule has 1 aromatic heterocycles. The van der Waals surface area contributed by atoms with Gasteiger partial charge in [-0.1, -0.05) is 29.3 Å². The van der Waals surface area contributed by atoms with Crippen molar-refractivity contribution < 1.29 is 5.11 Å². The summed E-state index contributed by atoms with van der Waals surface area (Å²) in [6, 6.07) is 6.03. The van der Waals surface area contributed by atoms with E-state index in [0.29, 0.717) is 5.82 Å². The van der Waals surface area contributed by atoms with Gasteiger partial charge in [0.05, 0.1) is 0 Å². The number of benzene rings is 1. The molecule has 1 unspecified atom stereocenters. The van der Waals surface area contributed by atoms with E-state index in [2.05, 4.69) is 16.1 Å². The summed E-state index contributed by atoms with van der Waals surface area (Å²) < 4.78 is 1.59. The average molecular weight is 231 g/mol. The van der Waals surface area contributed by atoms with Crippen LogP contribution in [0, 0.1) is 13.8 Å². The number of hydrogen-bond acceptors (Lipinski definition) is 3. The number of hydrogen-bond donors (Lipinski definition) is 1. The Hall–Kier alpha value is -1.68. The zero-order valence-corrected chi connectivity index (χ0v) is 10.6. The highest BCUT2D eigenvalue weighted by Crippen LogP contribution is 2.28. The van der Waals surface area contributed by atoms with Crippen LogP contribution in [0.2, 0.25) is 0 Å². The van der Waals surface area contributed by atoms with Gasteiger partial charge in [-0.15, -0.1) is 0 Å². The molecule has 17 heavy (non-hydrogen) atoms. The Morgan fingerprint density at radius 3 is 2.24 bits per heavy atom. The van der Waals surface area contributed by atoms with Crippen LogP contribution < -0.4 is 0 Å². The summed E-state index contributed by atoms with van der Waals surface area (Å²) in [5.74, 6) is 0.544. The lowest BCUT2D eigenvalue weighted by atomic mass is 9.92. The Kier molecular flexibility index (Phi) is 2.75. The molecule has 1 heterocycles. The Labute approximate surface area is 101 Å². The second-order valence-electron chi connectivity index (χ2n) is 4.66. The molecule has 0 bridgehead atoms. The standard InChI is InChI=1S/C13H17N3O/c1-9-5-10(2)7-11(6-9)13(3,17)12-14-8-15-16(12)4/h5-8,17H,1-4H3. The van der Waals surface area contributed by atoms with E-state index in [0.717, 1.165) is 16.7 Å². The van der Waals surface area contributed by atoms with Gasteiger partial charge < -0.3 is 5.11 Å². The van der Waals surface area contributed by atoms with Crippen LogP contribution in [0.25, 0.3) is 0 Å². The molecule has 2 aromatic rings. The maximum Gasteiger partial charge on any atom is 0.162 e. The molecule has 4 heteroatoms. The number of nitrogens with zero attached hydrogens (tertiary/aromatic N) is 3. The predicted molar refractivity (Wildman–Crippen MR) is 65.6 cm³/mol. The molecule has 2 rings (SSSR count). The summed E-state index contributed by atoms with van der Waals surface area (Å²) in [6.07, 6.45) is 1.45. The molecule has 0 saturated carbocycles. The van der Waals surface area contributed by atoms with Gasteiger partial charge in [0.1, 0.15) is 11.9 Å². The fourth-order valence-corrected chi connectivity index (χ4v) is 2.12. The van der Waals surface area contributed by atoms with Crippen LogP contribution in [0.1, 0.15) is 29.4 Å². The fourth-order valence-electron chi connectivity index (χ4n) is 2.12. The highest BCUT2D eigenvalue weighted by atomic mass is 16.3. The largest absolute Gasteiger partial charge is 0.377 e. The lowest BCUT2D eigenvalue weighted by Crippen LogP contribution is -2.27. The van der Waals surface area contributed by atoms with Crippen molar-refractivity contribution in [2.24, 2.45) is 7.05 Å². The molecule has 0 amide bonds. The maximum absolute atomic E-state index is 10.7. The summed E-state index contributed by atoms with van der Waals surface area (Å²) in [6.45, 7) is 5.78. The SMILES string of the molecule is Cc1cc(C)cc(C(C)(O)c2ncnn2C)c1. The van der Waals surface area contributed by atoms with Crippen molar-refractivity contribution in [2.45, 2.75) is 26.4 Å². The van der Waals surface area contributed by atoms with Gasteiger partial charge >= 0.3 is 0 Å². The van der Waals surface area contributed by atoms with Crippen molar-refractivity contribution in [3.05, 3.63) is 47.0 Å². The average Bonchev–Trinajstić information content (AvgIpc) is 2.63. The summed E-state index contributed by atoms with van der Waals surface area (Å²) in [5, 5.41) is 14.7. The van der Waals surface area contributed by atoms with Crippen LogP contribution in [0.4, 0.5) is 0 Å². The van der Waals surface area contributed by atoms with E-state index in [9.17, 15) is 5.11 Å². The van der Waals surface area contributed by atoms with Gasteiger partial charge in [0.15, 0.2) is 5.82 Å². The predicted octanol–water partition coefficient (Wildman–Crippen LogP) is 1.69. The Bertz CT molecular complexity index is 523. The summed E-state index contributed by atoms with van der Waals surface area (Å²) in [7, 11) is 1.78. The molecule has 4 nitrogen and oxygen atoms in total. The molecule has 0 radical (unpaired) electrons. The van der Waals surface area contributed by atoms with Gasteiger partial charge in [-0.05, 0) is 26.3 Å². The molecule has 0 aliphatic rings. The van der Waals surface area contributed by atoms with E-state index in [4.69, 9.17) is 0 Å². The summed E-state index contributed by atoms with van der Waals surface area (Å²) >= 11 is 0. The molecule has 1 atom stereocenters. The quantitative estimate of drug-likeness (QED) is 0.855. The van der Waals surface area contributed by atoms with Gasteiger partial charge in [-0.25, -0.2) is 4.98 Å². The molecule has 0 aliphatic heterocycles. The topological polar surface area (TPSA) is 50.9 Å². The van der Waals surface area contributed by atoms with Crippen LogP contribution in [0.15, 0.2) is 24.5 Å². The zero-order chi connectivity index (χ0) is 12.6. The van der Waals surface area contributed by atoms with Crippen LogP contribution >= 0.6 is 0 Å². The molecule has 0 aliphatic carbocycles. The van der Waals surface area contributed by atoms with Gasteiger partial charge in [-0.3, -0.25) is 4.68 Å². The number of rotatable bonds is 2. The van der Waals surface area contributed by atoms with Crippen molar-refractivity contribution >= 4 is 0 Å². The van der Waals surface area contributed by atoms with Gasteiger partial charge in [0.2, 0.25) is 0 Å². The third-order valence-corrected chi connectivity index (χ3v) is 2.93. The van der Waals surface area contributed by atoms with Crippen molar-refractivity contribution in [2.75, 3.05) is 0 Å². The van der Waals surface area contributed by atoms with E-state index in [1.807, 2.05) is 26.0 Å². The van der Waals surface area contributed by atoms with Crippen molar-refractivity contribution in [1.29, 1.82) is 0 Å². The van der Waals surface area contributed by atoms with Gasteiger partial charge in [0.25, 0.3) is 0 Å². The molecular formula is C13H17N3O. The highest BCUT2D eigenvalue weighted by Gasteiger charge is 2.30. The highest BCUT2D eigenvalue weighted by molar-refractivity contribution is 5.35. The summed E-state index contributed by atoms with van der Waals surface area (Å²) in [4.78, 5) is 4.13. The van der Waals surface area contributed by atoms with Crippen molar-refractivity contribution in [3.8, 4) is 0 Å². The molecule has 0 saturated heterocycles. The first-order valence-corrected chi connectivity index (χ1v) is 5.57.